The molecule has 20 heavy (non-hydrogen) atoms. The molecular weight excluding hydrogens is 260 g/mol. The van der Waals surface area contributed by atoms with Crippen molar-refractivity contribution in [3.05, 3.63) is 0 Å². The van der Waals surface area contributed by atoms with E-state index in [1.54, 1.807) is 26.0 Å². The molecule has 0 spiro atoms. The normalized spacial score (nSPS) is 20.2. The van der Waals surface area contributed by atoms with Crippen LogP contribution in [0.2, 0.25) is 0 Å². The fraction of sp³-hybridized carbons (Fsp3) is 0.769. The Morgan fingerprint density at radius 1 is 1.20 bits per heavy atom. The topological polar surface area (TPSA) is 73.0 Å². The number of amides is 3. The monoisotopic (exact) mass is 284 g/mol. The van der Waals surface area contributed by atoms with Crippen LogP contribution in [-0.2, 0) is 14.4 Å². The molecule has 1 rings (SSSR count). The Morgan fingerprint density at radius 3 is 2.35 bits per heavy atom. The molecule has 1 aliphatic rings. The van der Waals surface area contributed by atoms with Crippen LogP contribution in [0.3, 0.4) is 0 Å². The molecule has 114 valence electrons. The first-order valence-electron chi connectivity index (χ1n) is 6.74. The second kappa shape index (κ2) is 7.23. The van der Waals surface area contributed by atoms with Crippen LogP contribution in [0.5, 0.6) is 0 Å². The van der Waals surface area contributed by atoms with Crippen molar-refractivity contribution in [2.75, 3.05) is 53.9 Å². The molecule has 0 aliphatic carbocycles. The van der Waals surface area contributed by atoms with Gasteiger partial charge in [0.25, 0.3) is 0 Å². The van der Waals surface area contributed by atoms with Gasteiger partial charge in [-0.3, -0.25) is 19.3 Å². The van der Waals surface area contributed by atoms with Gasteiger partial charge < -0.3 is 15.1 Å². The number of carbonyl (C=O) groups is 3. The van der Waals surface area contributed by atoms with Gasteiger partial charge in [0.15, 0.2) is 0 Å². The van der Waals surface area contributed by atoms with E-state index in [-0.39, 0.29) is 30.2 Å². The van der Waals surface area contributed by atoms with E-state index in [9.17, 15) is 14.4 Å². The summed E-state index contributed by atoms with van der Waals surface area (Å²) in [5.74, 6) is -0.446. The van der Waals surface area contributed by atoms with Crippen LogP contribution in [0.4, 0.5) is 0 Å². The summed E-state index contributed by atoms with van der Waals surface area (Å²) in [4.78, 5) is 40.3. The first-order valence-corrected chi connectivity index (χ1v) is 6.74. The lowest BCUT2D eigenvalue weighted by molar-refractivity contribution is -0.132. The summed E-state index contributed by atoms with van der Waals surface area (Å²) in [5, 5.41) is 2.62. The Morgan fingerprint density at radius 2 is 1.85 bits per heavy atom. The quantitative estimate of drug-likeness (QED) is 0.692. The molecule has 1 saturated heterocycles. The molecule has 7 heteroatoms. The molecule has 3 amide bonds. The zero-order chi connectivity index (χ0) is 15.3. The highest BCUT2D eigenvalue weighted by molar-refractivity contribution is 5.81. The standard InChI is InChI=1S/C13H24N4O3/c1-10(18)17-6-5-16(9-12(19)15(3)4)7-11(8-17)13(20)14-2/h11H,5-9H2,1-4H3,(H,14,20)/t11-/m0/s1. The van der Waals surface area contributed by atoms with E-state index in [1.165, 1.54) is 11.8 Å². The number of carbonyl (C=O) groups excluding carboxylic acids is 3. The minimum atomic E-state index is -0.304. The molecule has 0 saturated carbocycles. The van der Waals surface area contributed by atoms with Crippen LogP contribution in [0, 0.1) is 5.92 Å². The van der Waals surface area contributed by atoms with Crippen molar-refractivity contribution in [2.24, 2.45) is 5.92 Å². The lowest BCUT2D eigenvalue weighted by Crippen LogP contribution is -2.43. The van der Waals surface area contributed by atoms with Crippen molar-refractivity contribution in [1.82, 2.24) is 20.0 Å². The highest BCUT2D eigenvalue weighted by Crippen LogP contribution is 2.10. The van der Waals surface area contributed by atoms with Crippen molar-refractivity contribution in [1.29, 1.82) is 0 Å². The average molecular weight is 284 g/mol. The average Bonchev–Trinajstić information content (AvgIpc) is 2.60. The summed E-state index contributed by atoms with van der Waals surface area (Å²) >= 11 is 0. The summed E-state index contributed by atoms with van der Waals surface area (Å²) in [6, 6.07) is 0. The first-order chi connectivity index (χ1) is 9.35. The van der Waals surface area contributed by atoms with E-state index in [4.69, 9.17) is 0 Å². The lowest BCUT2D eigenvalue weighted by atomic mass is 10.1. The number of nitrogens with zero attached hydrogens (tertiary/aromatic N) is 3. The van der Waals surface area contributed by atoms with Crippen molar-refractivity contribution in [3.8, 4) is 0 Å². The van der Waals surface area contributed by atoms with Crippen LogP contribution in [0.1, 0.15) is 6.92 Å². The zero-order valence-corrected chi connectivity index (χ0v) is 12.7. The summed E-state index contributed by atoms with van der Waals surface area (Å²) < 4.78 is 0. The van der Waals surface area contributed by atoms with Gasteiger partial charge in [0.05, 0.1) is 12.5 Å². The van der Waals surface area contributed by atoms with Crippen LogP contribution in [0.25, 0.3) is 0 Å². The van der Waals surface area contributed by atoms with Gasteiger partial charge in [-0.05, 0) is 0 Å². The second-order valence-corrected chi connectivity index (χ2v) is 5.30. The Balaban J connectivity index is 2.76. The third-order valence-electron chi connectivity index (χ3n) is 3.53. The molecule has 1 atom stereocenters. The fourth-order valence-corrected chi connectivity index (χ4v) is 2.21. The maximum absolute atomic E-state index is 11.9. The summed E-state index contributed by atoms with van der Waals surface area (Å²) in [5.41, 5.74) is 0. The van der Waals surface area contributed by atoms with E-state index in [1.807, 2.05) is 4.90 Å². The van der Waals surface area contributed by atoms with E-state index in [0.29, 0.717) is 26.2 Å². The molecular formula is C13H24N4O3. The van der Waals surface area contributed by atoms with Gasteiger partial charge in [-0.2, -0.15) is 0 Å². The molecule has 1 N–H and O–H groups in total. The predicted octanol–water partition coefficient (Wildman–Crippen LogP) is -1.40. The molecule has 1 aliphatic heterocycles. The van der Waals surface area contributed by atoms with Crippen LogP contribution >= 0.6 is 0 Å². The Labute approximate surface area is 119 Å². The minimum Gasteiger partial charge on any atom is -0.359 e. The number of nitrogens with one attached hydrogen (secondary N) is 1. The third-order valence-corrected chi connectivity index (χ3v) is 3.53. The summed E-state index contributed by atoms with van der Waals surface area (Å²) in [7, 11) is 5.00. The first kappa shape index (κ1) is 16.4. The largest absolute Gasteiger partial charge is 0.359 e. The smallest absolute Gasteiger partial charge is 0.236 e. The fourth-order valence-electron chi connectivity index (χ4n) is 2.21. The predicted molar refractivity (Wildman–Crippen MR) is 74.9 cm³/mol. The van der Waals surface area contributed by atoms with Gasteiger partial charge in [-0.1, -0.05) is 0 Å². The molecule has 0 bridgehead atoms. The van der Waals surface area contributed by atoms with E-state index >= 15 is 0 Å². The van der Waals surface area contributed by atoms with Gasteiger partial charge in [0, 0.05) is 54.2 Å². The lowest BCUT2D eigenvalue weighted by Gasteiger charge is -2.23. The number of rotatable bonds is 3. The van der Waals surface area contributed by atoms with Crippen molar-refractivity contribution < 1.29 is 14.4 Å². The SMILES string of the molecule is CNC(=O)[C@H]1CN(CC(=O)N(C)C)CCN(C(C)=O)C1. The molecule has 0 unspecified atom stereocenters. The Kier molecular flexibility index (Phi) is 5.94. The van der Waals surface area contributed by atoms with Crippen LogP contribution in [0.15, 0.2) is 0 Å². The van der Waals surface area contributed by atoms with Gasteiger partial charge in [-0.25, -0.2) is 0 Å². The maximum atomic E-state index is 11.9. The molecule has 0 aromatic carbocycles. The molecule has 0 radical (unpaired) electrons. The third kappa shape index (κ3) is 4.48. The molecule has 7 nitrogen and oxygen atoms in total. The van der Waals surface area contributed by atoms with Gasteiger partial charge in [-0.15, -0.1) is 0 Å². The van der Waals surface area contributed by atoms with E-state index < -0.39 is 0 Å². The van der Waals surface area contributed by atoms with E-state index in [2.05, 4.69) is 5.32 Å². The van der Waals surface area contributed by atoms with E-state index in [0.717, 1.165) is 0 Å². The number of hydrogen-bond donors (Lipinski definition) is 1. The minimum absolute atomic E-state index is 0.00284. The van der Waals surface area contributed by atoms with Crippen LogP contribution in [-0.4, -0.2) is 86.3 Å². The number of likely N-dealkylation sites (N-methyl/N-ethyl adjacent to an activating group) is 1. The molecule has 0 aromatic rings. The second-order valence-electron chi connectivity index (χ2n) is 5.30. The Hall–Kier alpha value is -1.63. The van der Waals surface area contributed by atoms with Crippen LogP contribution < -0.4 is 5.32 Å². The molecule has 0 aromatic heterocycles. The highest BCUT2D eigenvalue weighted by atomic mass is 16.2. The summed E-state index contributed by atoms with van der Waals surface area (Å²) in [6.07, 6.45) is 0. The summed E-state index contributed by atoms with van der Waals surface area (Å²) in [6.45, 7) is 3.81. The molecule has 1 heterocycles. The van der Waals surface area contributed by atoms with Crippen molar-refractivity contribution >= 4 is 17.7 Å². The van der Waals surface area contributed by atoms with Gasteiger partial charge in [0.1, 0.15) is 0 Å². The zero-order valence-electron chi connectivity index (χ0n) is 12.7. The molecule has 1 fully saturated rings. The number of hydrogen-bond acceptors (Lipinski definition) is 4. The highest BCUT2D eigenvalue weighted by Gasteiger charge is 2.29. The van der Waals surface area contributed by atoms with Gasteiger partial charge >= 0.3 is 0 Å². The van der Waals surface area contributed by atoms with Crippen molar-refractivity contribution in [2.45, 2.75) is 6.92 Å². The maximum Gasteiger partial charge on any atom is 0.236 e. The Bertz CT molecular complexity index is 384. The van der Waals surface area contributed by atoms with Gasteiger partial charge in [0.2, 0.25) is 17.7 Å². The van der Waals surface area contributed by atoms with Crippen molar-refractivity contribution in [3.63, 3.8) is 0 Å².